The van der Waals surface area contributed by atoms with Crippen LogP contribution in [-0.4, -0.2) is 4.98 Å². The van der Waals surface area contributed by atoms with Gasteiger partial charge in [0.25, 0.3) is 0 Å². The number of fused-ring (bicyclic) bond motifs is 1. The number of hydrogen-bond acceptors (Lipinski definition) is 2. The molecular formula is C13H16N2. The Kier molecular flexibility index (Phi) is 2.58. The van der Waals surface area contributed by atoms with E-state index < -0.39 is 0 Å². The van der Waals surface area contributed by atoms with Crippen molar-refractivity contribution in [3.05, 3.63) is 36.0 Å². The number of hydrogen-bond donors (Lipinski definition) is 1. The van der Waals surface area contributed by atoms with Crippen LogP contribution in [0.3, 0.4) is 0 Å². The maximum Gasteiger partial charge on any atom is 0.0722 e. The number of nitrogens with two attached hydrogens (primary N) is 1. The molecule has 0 aliphatic carbocycles. The van der Waals surface area contributed by atoms with E-state index in [0.29, 0.717) is 5.92 Å². The highest BCUT2D eigenvalue weighted by molar-refractivity contribution is 5.82. The summed E-state index contributed by atoms with van der Waals surface area (Å²) in [6.07, 6.45) is 3.02. The molecule has 78 valence electrons. The number of rotatable bonds is 2. The fourth-order valence-corrected chi connectivity index (χ4v) is 1.77. The normalized spacial score (nSPS) is 11.1. The standard InChI is InChI=1S/C13H16N2/c1-9(2)5-10-6-11-3-4-12(14)7-13(11)15-8-10/h3-4,6-9H,5,14H2,1-2H3. The van der Waals surface area contributed by atoms with Gasteiger partial charge in [0.1, 0.15) is 0 Å². The lowest BCUT2D eigenvalue weighted by atomic mass is 10.0. The number of aromatic nitrogens is 1. The summed E-state index contributed by atoms with van der Waals surface area (Å²) in [5.41, 5.74) is 8.74. The second-order valence-corrected chi connectivity index (χ2v) is 4.39. The number of pyridine rings is 1. The highest BCUT2D eigenvalue weighted by Gasteiger charge is 2.00. The van der Waals surface area contributed by atoms with Crippen LogP contribution in [0.1, 0.15) is 19.4 Å². The fourth-order valence-electron chi connectivity index (χ4n) is 1.77. The number of benzene rings is 1. The van der Waals surface area contributed by atoms with Gasteiger partial charge in [-0.05, 0) is 36.1 Å². The molecule has 0 bridgehead atoms. The summed E-state index contributed by atoms with van der Waals surface area (Å²) in [7, 11) is 0. The average Bonchev–Trinajstić information content (AvgIpc) is 2.17. The molecule has 2 rings (SSSR count). The van der Waals surface area contributed by atoms with E-state index in [1.54, 1.807) is 0 Å². The van der Waals surface area contributed by atoms with E-state index in [9.17, 15) is 0 Å². The quantitative estimate of drug-likeness (QED) is 0.757. The molecule has 1 aromatic carbocycles. The molecule has 0 aliphatic heterocycles. The first-order valence-electron chi connectivity index (χ1n) is 5.29. The predicted octanol–water partition coefficient (Wildman–Crippen LogP) is 3.02. The zero-order valence-electron chi connectivity index (χ0n) is 9.20. The molecule has 1 aromatic heterocycles. The third-order valence-electron chi connectivity index (χ3n) is 2.41. The van der Waals surface area contributed by atoms with E-state index >= 15 is 0 Å². The molecule has 15 heavy (non-hydrogen) atoms. The van der Waals surface area contributed by atoms with Crippen LogP contribution in [0.15, 0.2) is 30.5 Å². The van der Waals surface area contributed by atoms with Gasteiger partial charge < -0.3 is 5.73 Å². The highest BCUT2D eigenvalue weighted by Crippen LogP contribution is 2.17. The molecule has 0 aliphatic rings. The number of nitrogens with zero attached hydrogens (tertiary/aromatic N) is 1. The first-order chi connectivity index (χ1) is 7.15. The molecule has 2 aromatic rings. The maximum atomic E-state index is 5.70. The summed E-state index contributed by atoms with van der Waals surface area (Å²) in [5, 5.41) is 1.17. The minimum absolute atomic E-state index is 0.665. The van der Waals surface area contributed by atoms with Gasteiger partial charge in [0, 0.05) is 17.3 Å². The van der Waals surface area contributed by atoms with Crippen LogP contribution in [0.25, 0.3) is 10.9 Å². The summed E-state index contributed by atoms with van der Waals surface area (Å²) >= 11 is 0. The Morgan fingerprint density at radius 1 is 1.27 bits per heavy atom. The van der Waals surface area contributed by atoms with Crippen molar-refractivity contribution in [2.24, 2.45) is 5.92 Å². The molecule has 0 saturated carbocycles. The second-order valence-electron chi connectivity index (χ2n) is 4.39. The Labute approximate surface area is 90.1 Å². The van der Waals surface area contributed by atoms with E-state index in [4.69, 9.17) is 5.73 Å². The summed E-state index contributed by atoms with van der Waals surface area (Å²) < 4.78 is 0. The van der Waals surface area contributed by atoms with Crippen LogP contribution in [-0.2, 0) is 6.42 Å². The van der Waals surface area contributed by atoms with Crippen molar-refractivity contribution in [1.29, 1.82) is 0 Å². The largest absolute Gasteiger partial charge is 0.399 e. The van der Waals surface area contributed by atoms with Gasteiger partial charge in [-0.25, -0.2) is 0 Å². The van der Waals surface area contributed by atoms with Gasteiger partial charge in [-0.3, -0.25) is 4.98 Å². The van der Waals surface area contributed by atoms with Crippen LogP contribution >= 0.6 is 0 Å². The minimum Gasteiger partial charge on any atom is -0.399 e. The molecule has 1 heterocycles. The summed E-state index contributed by atoms with van der Waals surface area (Å²) in [6, 6.07) is 8.06. The van der Waals surface area contributed by atoms with Gasteiger partial charge in [0.15, 0.2) is 0 Å². The highest BCUT2D eigenvalue weighted by atomic mass is 14.7. The van der Waals surface area contributed by atoms with Crippen molar-refractivity contribution >= 4 is 16.6 Å². The van der Waals surface area contributed by atoms with Crippen molar-refractivity contribution in [3.8, 4) is 0 Å². The lowest BCUT2D eigenvalue weighted by Crippen LogP contribution is -1.95. The van der Waals surface area contributed by atoms with Gasteiger partial charge in [-0.1, -0.05) is 19.9 Å². The minimum atomic E-state index is 0.665. The third kappa shape index (κ3) is 2.27. The molecular weight excluding hydrogens is 184 g/mol. The van der Waals surface area contributed by atoms with E-state index in [1.165, 1.54) is 10.9 Å². The lowest BCUT2D eigenvalue weighted by Gasteiger charge is -2.06. The molecule has 0 radical (unpaired) electrons. The van der Waals surface area contributed by atoms with Crippen LogP contribution in [0.2, 0.25) is 0 Å². The molecule has 2 nitrogen and oxygen atoms in total. The zero-order valence-corrected chi connectivity index (χ0v) is 9.20. The Hall–Kier alpha value is -1.57. The molecule has 2 N–H and O–H groups in total. The molecule has 0 fully saturated rings. The van der Waals surface area contributed by atoms with Crippen molar-refractivity contribution in [3.63, 3.8) is 0 Å². The zero-order chi connectivity index (χ0) is 10.8. The monoisotopic (exact) mass is 200 g/mol. The Morgan fingerprint density at radius 2 is 2.07 bits per heavy atom. The first kappa shape index (κ1) is 9.97. The van der Waals surface area contributed by atoms with E-state index in [2.05, 4.69) is 24.9 Å². The van der Waals surface area contributed by atoms with E-state index in [1.807, 2.05) is 24.4 Å². The fraction of sp³-hybridized carbons (Fsp3) is 0.308. The number of nitrogen functional groups attached to an aromatic ring is 1. The first-order valence-corrected chi connectivity index (χ1v) is 5.29. The maximum absolute atomic E-state index is 5.70. The Morgan fingerprint density at radius 3 is 2.80 bits per heavy atom. The van der Waals surface area contributed by atoms with Gasteiger partial charge in [-0.15, -0.1) is 0 Å². The molecule has 0 amide bonds. The molecule has 0 spiro atoms. The second kappa shape index (κ2) is 3.89. The van der Waals surface area contributed by atoms with Crippen LogP contribution in [0.4, 0.5) is 5.69 Å². The molecule has 2 heteroatoms. The van der Waals surface area contributed by atoms with Gasteiger partial charge >= 0.3 is 0 Å². The molecule has 0 saturated heterocycles. The summed E-state index contributed by atoms with van der Waals surface area (Å²) in [4.78, 5) is 4.42. The predicted molar refractivity (Wildman–Crippen MR) is 64.7 cm³/mol. The average molecular weight is 200 g/mol. The SMILES string of the molecule is CC(C)Cc1cnc2cc(N)ccc2c1. The van der Waals surface area contributed by atoms with Crippen LogP contribution in [0, 0.1) is 5.92 Å². The van der Waals surface area contributed by atoms with E-state index in [-0.39, 0.29) is 0 Å². The topological polar surface area (TPSA) is 38.9 Å². The van der Waals surface area contributed by atoms with Crippen molar-refractivity contribution in [2.45, 2.75) is 20.3 Å². The van der Waals surface area contributed by atoms with Gasteiger partial charge in [0.05, 0.1) is 5.52 Å². The van der Waals surface area contributed by atoms with Crippen molar-refractivity contribution in [1.82, 2.24) is 4.98 Å². The third-order valence-corrected chi connectivity index (χ3v) is 2.41. The van der Waals surface area contributed by atoms with Crippen molar-refractivity contribution in [2.75, 3.05) is 5.73 Å². The van der Waals surface area contributed by atoms with Crippen LogP contribution < -0.4 is 5.73 Å². The molecule has 0 unspecified atom stereocenters. The Bertz CT molecular complexity index is 475. The smallest absolute Gasteiger partial charge is 0.0722 e. The van der Waals surface area contributed by atoms with Crippen LogP contribution in [0.5, 0.6) is 0 Å². The lowest BCUT2D eigenvalue weighted by molar-refractivity contribution is 0.646. The van der Waals surface area contributed by atoms with Gasteiger partial charge in [0.2, 0.25) is 0 Å². The summed E-state index contributed by atoms with van der Waals surface area (Å²) in [6.45, 7) is 4.43. The van der Waals surface area contributed by atoms with Crippen molar-refractivity contribution < 1.29 is 0 Å². The van der Waals surface area contributed by atoms with Gasteiger partial charge in [-0.2, -0.15) is 0 Å². The summed E-state index contributed by atoms with van der Waals surface area (Å²) in [5.74, 6) is 0.665. The Balaban J connectivity index is 2.43. The number of anilines is 1. The molecule has 0 atom stereocenters. The van der Waals surface area contributed by atoms with E-state index in [0.717, 1.165) is 17.6 Å².